The van der Waals surface area contributed by atoms with Crippen LogP contribution in [0.25, 0.3) is 0 Å². The zero-order chi connectivity index (χ0) is 21.6. The van der Waals surface area contributed by atoms with Crippen molar-refractivity contribution < 1.29 is 23.1 Å². The van der Waals surface area contributed by atoms with E-state index in [0.717, 1.165) is 24.9 Å². The van der Waals surface area contributed by atoms with E-state index >= 15 is 0 Å². The van der Waals surface area contributed by atoms with Crippen molar-refractivity contribution in [3.63, 3.8) is 0 Å². The number of aromatic nitrogens is 2. The number of carbonyl (C=O) groups is 1. The largest absolute Gasteiger partial charge is 0.478 e. The normalized spacial score (nSPS) is 16.3. The zero-order valence-electron chi connectivity index (χ0n) is 17.4. The second-order valence-corrected chi connectivity index (χ2v) is 8.50. The summed E-state index contributed by atoms with van der Waals surface area (Å²) in [6, 6.07) is 6.11. The minimum atomic E-state index is -0.619. The highest BCUT2D eigenvalue weighted by Crippen LogP contribution is 2.25. The number of hydrogen-bond donors (Lipinski definition) is 1. The number of thioether (sulfide) groups is 1. The summed E-state index contributed by atoms with van der Waals surface area (Å²) in [4.78, 5) is 14.5. The van der Waals surface area contributed by atoms with Crippen molar-refractivity contribution in [2.45, 2.75) is 37.6 Å². The second-order valence-electron chi connectivity index (χ2n) is 7.57. The van der Waals surface area contributed by atoms with Crippen LogP contribution in [-0.4, -0.2) is 65.1 Å². The fraction of sp³-hybridized carbons (Fsp3) is 0.550. The lowest BCUT2D eigenvalue weighted by Crippen LogP contribution is -2.55. The molecule has 8 nitrogen and oxygen atoms in total. The molecule has 0 spiro atoms. The van der Waals surface area contributed by atoms with Crippen molar-refractivity contribution in [2.75, 3.05) is 38.6 Å². The Morgan fingerprint density at radius 2 is 2.07 bits per heavy atom. The van der Waals surface area contributed by atoms with Crippen LogP contribution in [0.4, 0.5) is 4.39 Å². The molecule has 164 valence electrons. The molecule has 0 aliphatic carbocycles. The van der Waals surface area contributed by atoms with E-state index in [1.165, 1.54) is 12.1 Å². The average molecular weight is 439 g/mol. The molecule has 0 bridgehead atoms. The highest BCUT2D eigenvalue weighted by molar-refractivity contribution is 7.99. The van der Waals surface area contributed by atoms with Gasteiger partial charge in [-0.2, -0.15) is 0 Å². The molecule has 2 heterocycles. The first-order chi connectivity index (χ1) is 14.3. The fourth-order valence-corrected chi connectivity index (χ4v) is 3.60. The Balaban J connectivity index is 1.44. The summed E-state index contributed by atoms with van der Waals surface area (Å²) in [5.41, 5.74) is -0.152. The molecule has 1 unspecified atom stereocenters. The summed E-state index contributed by atoms with van der Waals surface area (Å²) >= 11 is 1.15. The second kappa shape index (κ2) is 10.2. The lowest BCUT2D eigenvalue weighted by molar-refractivity contribution is -0.119. The minimum absolute atomic E-state index is 0.111. The number of amides is 1. The van der Waals surface area contributed by atoms with Crippen molar-refractivity contribution in [1.82, 2.24) is 20.4 Å². The molecule has 1 aromatic carbocycles. The number of carbonyl (C=O) groups excluding carboxylic acids is 1. The van der Waals surface area contributed by atoms with Crippen LogP contribution in [-0.2, 0) is 9.53 Å². The zero-order valence-corrected chi connectivity index (χ0v) is 18.2. The molecule has 0 saturated carbocycles. The first-order valence-corrected chi connectivity index (χ1v) is 10.8. The molecule has 0 radical (unpaired) electrons. The Bertz CT molecular complexity index is 842. The molecule has 10 heteroatoms. The average Bonchev–Trinajstić information content (AvgIpc) is 3.22. The summed E-state index contributed by atoms with van der Waals surface area (Å²) < 4.78 is 30.2. The fourth-order valence-electron chi connectivity index (χ4n) is 3.00. The Kier molecular flexibility index (Phi) is 7.68. The third-order valence-corrected chi connectivity index (χ3v) is 5.64. The van der Waals surface area contributed by atoms with E-state index in [1.54, 1.807) is 19.1 Å². The third-order valence-electron chi connectivity index (χ3n) is 4.82. The van der Waals surface area contributed by atoms with Crippen molar-refractivity contribution in [3.8, 4) is 5.75 Å². The van der Waals surface area contributed by atoms with Gasteiger partial charge in [0.25, 0.3) is 11.1 Å². The van der Waals surface area contributed by atoms with E-state index in [4.69, 9.17) is 13.9 Å². The van der Waals surface area contributed by atoms with E-state index in [2.05, 4.69) is 34.3 Å². The minimum Gasteiger partial charge on any atom is -0.478 e. The molecule has 1 atom stereocenters. The van der Waals surface area contributed by atoms with Gasteiger partial charge in [0.05, 0.1) is 19.0 Å². The number of benzene rings is 1. The smallest absolute Gasteiger partial charge is 0.277 e. The van der Waals surface area contributed by atoms with Gasteiger partial charge in [-0.05, 0) is 32.9 Å². The van der Waals surface area contributed by atoms with Gasteiger partial charge in [0, 0.05) is 25.2 Å². The van der Waals surface area contributed by atoms with Crippen molar-refractivity contribution >= 4 is 17.7 Å². The Labute approximate surface area is 179 Å². The molecule has 1 N–H and O–H groups in total. The number of para-hydroxylation sites is 1. The number of ether oxygens (including phenoxy) is 2. The van der Waals surface area contributed by atoms with Gasteiger partial charge in [-0.15, -0.1) is 10.2 Å². The van der Waals surface area contributed by atoms with E-state index in [0.29, 0.717) is 19.8 Å². The molecule has 1 fully saturated rings. The monoisotopic (exact) mass is 438 g/mol. The third kappa shape index (κ3) is 6.16. The summed E-state index contributed by atoms with van der Waals surface area (Å²) in [5, 5.41) is 11.1. The summed E-state index contributed by atoms with van der Waals surface area (Å²) in [7, 11) is 0. The Hall–Kier alpha value is -2.17. The molecule has 1 aliphatic rings. The van der Waals surface area contributed by atoms with Crippen LogP contribution in [0, 0.1) is 5.82 Å². The van der Waals surface area contributed by atoms with Gasteiger partial charge in [-0.3, -0.25) is 9.69 Å². The van der Waals surface area contributed by atoms with Gasteiger partial charge in [0.2, 0.25) is 5.91 Å². The maximum absolute atomic E-state index is 13.7. The van der Waals surface area contributed by atoms with Crippen LogP contribution in [0.2, 0.25) is 0 Å². The van der Waals surface area contributed by atoms with Gasteiger partial charge < -0.3 is 19.2 Å². The molecule has 2 aromatic rings. The van der Waals surface area contributed by atoms with Gasteiger partial charge in [0.15, 0.2) is 17.7 Å². The highest BCUT2D eigenvalue weighted by atomic mass is 32.2. The SMILES string of the molecule is CC(Oc1ccccc1F)c1nnc(SCC(=O)NCC(C)(C)N2CCOCC2)o1. The van der Waals surface area contributed by atoms with E-state index < -0.39 is 11.9 Å². The summed E-state index contributed by atoms with van der Waals surface area (Å²) in [6.07, 6.45) is -0.619. The number of halogens is 1. The van der Waals surface area contributed by atoms with Crippen LogP contribution in [0.5, 0.6) is 5.75 Å². The predicted octanol–water partition coefficient (Wildman–Crippen LogP) is 2.67. The number of hydrogen-bond acceptors (Lipinski definition) is 8. The quantitative estimate of drug-likeness (QED) is 0.598. The Morgan fingerprint density at radius 3 is 2.80 bits per heavy atom. The number of nitrogens with one attached hydrogen (secondary N) is 1. The van der Waals surface area contributed by atoms with Gasteiger partial charge >= 0.3 is 0 Å². The molecular weight excluding hydrogens is 411 g/mol. The topological polar surface area (TPSA) is 89.7 Å². The van der Waals surface area contributed by atoms with E-state index in [9.17, 15) is 9.18 Å². The molecule has 1 aliphatic heterocycles. The van der Waals surface area contributed by atoms with E-state index in [-0.39, 0.29) is 34.1 Å². The van der Waals surface area contributed by atoms with Gasteiger partial charge in [-0.1, -0.05) is 23.9 Å². The lowest BCUT2D eigenvalue weighted by Gasteiger charge is -2.40. The Morgan fingerprint density at radius 1 is 1.33 bits per heavy atom. The van der Waals surface area contributed by atoms with Crippen LogP contribution >= 0.6 is 11.8 Å². The predicted molar refractivity (Wildman–Crippen MR) is 110 cm³/mol. The number of nitrogens with zero attached hydrogens (tertiary/aromatic N) is 3. The number of morpholine rings is 1. The maximum Gasteiger partial charge on any atom is 0.277 e. The van der Waals surface area contributed by atoms with E-state index in [1.807, 2.05) is 0 Å². The molecule has 1 saturated heterocycles. The first-order valence-electron chi connectivity index (χ1n) is 9.82. The standard InChI is InChI=1S/C20H27FN4O4S/c1-14(28-16-7-5-4-6-15(16)21)18-23-24-19(29-18)30-12-17(26)22-13-20(2,3)25-8-10-27-11-9-25/h4-7,14H,8-13H2,1-3H3,(H,22,26). The first kappa shape index (κ1) is 22.5. The van der Waals surface area contributed by atoms with Crippen LogP contribution in [0.1, 0.15) is 32.8 Å². The van der Waals surface area contributed by atoms with Crippen molar-refractivity contribution in [2.24, 2.45) is 0 Å². The molecule has 30 heavy (non-hydrogen) atoms. The van der Waals surface area contributed by atoms with Gasteiger partial charge in [-0.25, -0.2) is 4.39 Å². The van der Waals surface area contributed by atoms with Crippen LogP contribution in [0.15, 0.2) is 33.9 Å². The summed E-state index contributed by atoms with van der Waals surface area (Å²) in [6.45, 7) is 9.58. The summed E-state index contributed by atoms with van der Waals surface area (Å²) in [5.74, 6) is -0.0928. The molecule has 1 aromatic heterocycles. The van der Waals surface area contributed by atoms with Crippen LogP contribution in [0.3, 0.4) is 0 Å². The van der Waals surface area contributed by atoms with Crippen LogP contribution < -0.4 is 10.1 Å². The van der Waals surface area contributed by atoms with Crippen molar-refractivity contribution in [3.05, 3.63) is 36.0 Å². The molecule has 3 rings (SSSR count). The maximum atomic E-state index is 13.7. The highest BCUT2D eigenvalue weighted by Gasteiger charge is 2.28. The lowest BCUT2D eigenvalue weighted by atomic mass is 10.0. The molecular formula is C20H27FN4O4S. The van der Waals surface area contributed by atoms with Crippen molar-refractivity contribution in [1.29, 1.82) is 0 Å². The van der Waals surface area contributed by atoms with Gasteiger partial charge in [0.1, 0.15) is 0 Å². The molecule has 1 amide bonds. The number of rotatable bonds is 9.